The predicted molar refractivity (Wildman–Crippen MR) is 85.3 cm³/mol. The summed E-state index contributed by atoms with van der Waals surface area (Å²) < 4.78 is 0. The molecule has 1 N–H and O–H groups in total. The second-order valence-corrected chi connectivity index (χ2v) is 5.98. The molecule has 0 spiro atoms. The van der Waals surface area contributed by atoms with Crippen molar-refractivity contribution in [1.82, 2.24) is 5.32 Å². The van der Waals surface area contributed by atoms with Crippen LogP contribution in [0.2, 0.25) is 5.02 Å². The molecule has 4 heteroatoms. The zero-order chi connectivity index (χ0) is 14.5. The van der Waals surface area contributed by atoms with Gasteiger partial charge in [-0.15, -0.1) is 0 Å². The van der Waals surface area contributed by atoms with E-state index < -0.39 is 0 Å². The number of hydrogen-bond donors (Lipinski definition) is 1. The molecule has 0 aliphatic heterocycles. The molecule has 2 nitrogen and oxygen atoms in total. The number of aryl methyl sites for hydroxylation is 1. The van der Waals surface area contributed by atoms with Crippen molar-refractivity contribution in [2.75, 3.05) is 11.9 Å². The van der Waals surface area contributed by atoms with Crippen LogP contribution in [0.5, 0.6) is 0 Å². The van der Waals surface area contributed by atoms with E-state index in [-0.39, 0.29) is 11.3 Å². The first kappa shape index (κ1) is 16.5. The van der Waals surface area contributed by atoms with Gasteiger partial charge in [0.15, 0.2) is 0 Å². The van der Waals surface area contributed by atoms with Gasteiger partial charge in [-0.25, -0.2) is 0 Å². The van der Waals surface area contributed by atoms with Gasteiger partial charge in [0.2, 0.25) is 0 Å². The molecule has 0 fully saturated rings. The summed E-state index contributed by atoms with van der Waals surface area (Å²) in [4.78, 5) is 12.2. The molecule has 0 aromatic heterocycles. The standard InChI is InChI=1S/C15H21BrClNO/c1-4-15(5-2,9-16)10-18-14(19)13-7-6-12(17)8-11(13)3/h6-8H,4-5,9-10H2,1-3H3,(H,18,19). The second kappa shape index (κ2) is 7.30. The normalized spacial score (nSPS) is 11.4. The van der Waals surface area contributed by atoms with Gasteiger partial charge in [-0.1, -0.05) is 41.4 Å². The van der Waals surface area contributed by atoms with E-state index in [0.717, 1.165) is 23.7 Å². The fraction of sp³-hybridized carbons (Fsp3) is 0.533. The van der Waals surface area contributed by atoms with Crippen molar-refractivity contribution in [3.8, 4) is 0 Å². The first-order chi connectivity index (χ1) is 8.98. The van der Waals surface area contributed by atoms with Crippen LogP contribution in [0.1, 0.15) is 42.6 Å². The van der Waals surface area contributed by atoms with Crippen LogP contribution in [-0.4, -0.2) is 17.8 Å². The third-order valence-corrected chi connectivity index (χ3v) is 5.27. The molecule has 0 heterocycles. The average Bonchev–Trinajstić information content (AvgIpc) is 2.40. The van der Waals surface area contributed by atoms with Gasteiger partial charge in [0.05, 0.1) is 0 Å². The zero-order valence-electron chi connectivity index (χ0n) is 11.7. The molecular weight excluding hydrogens is 326 g/mol. The molecular formula is C15H21BrClNO. The SMILES string of the molecule is CCC(CC)(CBr)CNC(=O)c1ccc(Cl)cc1C. The molecule has 0 radical (unpaired) electrons. The van der Waals surface area contributed by atoms with Gasteiger partial charge >= 0.3 is 0 Å². The largest absolute Gasteiger partial charge is 0.351 e. The van der Waals surface area contributed by atoms with Crippen LogP contribution in [0.4, 0.5) is 0 Å². The monoisotopic (exact) mass is 345 g/mol. The Morgan fingerprint density at radius 1 is 1.37 bits per heavy atom. The first-order valence-corrected chi connectivity index (χ1v) is 8.08. The van der Waals surface area contributed by atoms with E-state index in [0.29, 0.717) is 17.1 Å². The molecule has 19 heavy (non-hydrogen) atoms. The third-order valence-electron chi connectivity index (χ3n) is 3.84. The molecule has 1 rings (SSSR count). The van der Waals surface area contributed by atoms with Crippen LogP contribution in [0.15, 0.2) is 18.2 Å². The minimum absolute atomic E-state index is 0.0265. The minimum Gasteiger partial charge on any atom is -0.351 e. The Balaban J connectivity index is 2.75. The third kappa shape index (κ3) is 4.22. The van der Waals surface area contributed by atoms with Gasteiger partial charge in [-0.3, -0.25) is 4.79 Å². The maximum Gasteiger partial charge on any atom is 0.251 e. The molecule has 0 saturated carbocycles. The number of rotatable bonds is 6. The summed E-state index contributed by atoms with van der Waals surface area (Å²) >= 11 is 9.46. The molecule has 1 aromatic carbocycles. The van der Waals surface area contributed by atoms with Crippen LogP contribution < -0.4 is 5.32 Å². The molecule has 106 valence electrons. The summed E-state index contributed by atoms with van der Waals surface area (Å²) in [5.41, 5.74) is 1.73. The van der Waals surface area contributed by atoms with Crippen molar-refractivity contribution in [2.45, 2.75) is 33.6 Å². The van der Waals surface area contributed by atoms with E-state index in [4.69, 9.17) is 11.6 Å². The van der Waals surface area contributed by atoms with Gasteiger partial charge in [0.25, 0.3) is 5.91 Å². The number of nitrogens with one attached hydrogen (secondary N) is 1. The summed E-state index contributed by atoms with van der Waals surface area (Å²) in [5.74, 6) is -0.0265. The Morgan fingerprint density at radius 2 is 2.00 bits per heavy atom. The van der Waals surface area contributed by atoms with E-state index in [2.05, 4.69) is 35.1 Å². The van der Waals surface area contributed by atoms with Crippen LogP contribution in [0, 0.1) is 12.3 Å². The van der Waals surface area contributed by atoms with Crippen molar-refractivity contribution in [1.29, 1.82) is 0 Å². The maximum absolute atomic E-state index is 12.2. The summed E-state index contributed by atoms with van der Waals surface area (Å²) in [5, 5.41) is 4.59. The number of alkyl halides is 1. The summed E-state index contributed by atoms with van der Waals surface area (Å²) in [6.07, 6.45) is 2.07. The first-order valence-electron chi connectivity index (χ1n) is 6.58. The lowest BCUT2D eigenvalue weighted by Gasteiger charge is -2.29. The van der Waals surface area contributed by atoms with Gasteiger partial charge in [-0.2, -0.15) is 0 Å². The molecule has 0 aliphatic rings. The fourth-order valence-electron chi connectivity index (χ4n) is 1.98. The summed E-state index contributed by atoms with van der Waals surface area (Å²) in [6.45, 7) is 6.90. The highest BCUT2D eigenvalue weighted by atomic mass is 79.9. The maximum atomic E-state index is 12.2. The number of hydrogen-bond acceptors (Lipinski definition) is 1. The number of carbonyl (C=O) groups excluding carboxylic acids is 1. The van der Waals surface area contributed by atoms with Gasteiger partial charge in [-0.05, 0) is 48.9 Å². The Labute approximate surface area is 129 Å². The van der Waals surface area contributed by atoms with Gasteiger partial charge in [0.1, 0.15) is 0 Å². The molecule has 0 saturated heterocycles. The molecule has 0 atom stereocenters. The lowest BCUT2D eigenvalue weighted by atomic mass is 9.84. The number of amides is 1. The van der Waals surface area contributed by atoms with Crippen LogP contribution in [0.3, 0.4) is 0 Å². The van der Waals surface area contributed by atoms with Crippen LogP contribution in [0.25, 0.3) is 0 Å². The van der Waals surface area contributed by atoms with Gasteiger partial charge in [0, 0.05) is 22.5 Å². The Bertz CT molecular complexity index is 436. The highest BCUT2D eigenvalue weighted by Crippen LogP contribution is 2.28. The molecule has 0 unspecified atom stereocenters. The second-order valence-electron chi connectivity index (χ2n) is 4.98. The average molecular weight is 347 g/mol. The fourth-order valence-corrected chi connectivity index (χ4v) is 3.20. The molecule has 1 amide bonds. The Hall–Kier alpha value is -0.540. The van der Waals surface area contributed by atoms with Crippen molar-refractivity contribution >= 4 is 33.4 Å². The number of halogens is 2. The van der Waals surface area contributed by atoms with Crippen molar-refractivity contribution in [3.63, 3.8) is 0 Å². The molecule has 0 bridgehead atoms. The van der Waals surface area contributed by atoms with E-state index in [1.165, 1.54) is 0 Å². The summed E-state index contributed by atoms with van der Waals surface area (Å²) in [6, 6.07) is 5.34. The number of carbonyl (C=O) groups is 1. The topological polar surface area (TPSA) is 29.1 Å². The van der Waals surface area contributed by atoms with E-state index >= 15 is 0 Å². The predicted octanol–water partition coefficient (Wildman–Crippen LogP) is 4.58. The van der Waals surface area contributed by atoms with Crippen molar-refractivity contribution in [3.05, 3.63) is 34.3 Å². The molecule has 0 aliphatic carbocycles. The Morgan fingerprint density at radius 3 is 2.47 bits per heavy atom. The zero-order valence-corrected chi connectivity index (χ0v) is 14.1. The van der Waals surface area contributed by atoms with Crippen LogP contribution >= 0.6 is 27.5 Å². The minimum atomic E-state index is -0.0265. The molecule has 1 aromatic rings. The quantitative estimate of drug-likeness (QED) is 0.751. The van der Waals surface area contributed by atoms with E-state index in [9.17, 15) is 4.79 Å². The highest BCUT2D eigenvalue weighted by Gasteiger charge is 2.25. The lowest BCUT2D eigenvalue weighted by molar-refractivity contribution is 0.0932. The van der Waals surface area contributed by atoms with E-state index in [1.807, 2.05) is 13.0 Å². The van der Waals surface area contributed by atoms with Crippen molar-refractivity contribution < 1.29 is 4.79 Å². The van der Waals surface area contributed by atoms with Gasteiger partial charge < -0.3 is 5.32 Å². The number of benzene rings is 1. The highest BCUT2D eigenvalue weighted by molar-refractivity contribution is 9.09. The van der Waals surface area contributed by atoms with Crippen molar-refractivity contribution in [2.24, 2.45) is 5.41 Å². The lowest BCUT2D eigenvalue weighted by Crippen LogP contribution is -2.38. The van der Waals surface area contributed by atoms with E-state index in [1.54, 1.807) is 12.1 Å². The Kier molecular flexibility index (Phi) is 6.34. The van der Waals surface area contributed by atoms with Crippen LogP contribution in [-0.2, 0) is 0 Å². The smallest absolute Gasteiger partial charge is 0.251 e. The summed E-state index contributed by atoms with van der Waals surface area (Å²) in [7, 11) is 0.